The number of esters is 1. The van der Waals surface area contributed by atoms with Gasteiger partial charge < -0.3 is 24.8 Å². The van der Waals surface area contributed by atoms with Crippen LogP contribution in [0.2, 0.25) is 0 Å². The molecule has 40 heavy (non-hydrogen) atoms. The third-order valence-electron chi connectivity index (χ3n) is 7.44. The van der Waals surface area contributed by atoms with Crippen molar-refractivity contribution in [3.63, 3.8) is 0 Å². The number of benzene rings is 4. The van der Waals surface area contributed by atoms with Crippen LogP contribution < -0.4 is 15.0 Å². The number of carbonyl (C=O) groups excluding carboxylic acids is 1. The Labute approximate surface area is 236 Å². The number of ether oxygens (including phenoxy) is 2. The quantitative estimate of drug-likeness (QED) is 0.217. The van der Waals surface area contributed by atoms with Gasteiger partial charge in [-0.3, -0.25) is 0 Å². The molecule has 1 aliphatic heterocycles. The van der Waals surface area contributed by atoms with Crippen LogP contribution in [0, 0.1) is 12.8 Å². The highest BCUT2D eigenvalue weighted by atomic mass is 16.6. The number of nitrogens with zero attached hydrogens (tertiary/aromatic N) is 1. The number of phenolic OH excluding ortho intramolecular Hbond substituents is 1. The number of aryl methyl sites for hydroxylation is 1. The van der Waals surface area contributed by atoms with Gasteiger partial charge in [-0.25, -0.2) is 4.79 Å². The molecule has 2 N–H and O–H groups in total. The van der Waals surface area contributed by atoms with Gasteiger partial charge in [0.1, 0.15) is 11.5 Å². The SMILES string of the molecule is CCN(CC(C)C)c1ccc(C2(c3cc(Nc4ccccc4)c(C)cc3OC)OC(=O)c3ccccc32)c(O)c1. The van der Waals surface area contributed by atoms with E-state index in [-0.39, 0.29) is 5.75 Å². The van der Waals surface area contributed by atoms with Gasteiger partial charge in [0.25, 0.3) is 0 Å². The lowest BCUT2D eigenvalue weighted by molar-refractivity contribution is 0.0239. The van der Waals surface area contributed by atoms with Crippen LogP contribution in [-0.4, -0.2) is 31.3 Å². The highest BCUT2D eigenvalue weighted by molar-refractivity contribution is 5.97. The van der Waals surface area contributed by atoms with Crippen molar-refractivity contribution in [2.75, 3.05) is 30.4 Å². The number of rotatable bonds is 9. The molecule has 1 heterocycles. The summed E-state index contributed by atoms with van der Waals surface area (Å²) in [6.45, 7) is 10.1. The molecule has 0 aliphatic carbocycles. The Morgan fingerprint density at radius 2 is 1.68 bits per heavy atom. The third-order valence-corrected chi connectivity index (χ3v) is 7.44. The van der Waals surface area contributed by atoms with E-state index in [9.17, 15) is 9.90 Å². The molecular weight excluding hydrogens is 500 g/mol. The van der Waals surface area contributed by atoms with Crippen molar-refractivity contribution in [2.45, 2.75) is 33.3 Å². The first kappa shape index (κ1) is 27.1. The lowest BCUT2D eigenvalue weighted by Crippen LogP contribution is -2.31. The van der Waals surface area contributed by atoms with Crippen molar-refractivity contribution in [3.8, 4) is 11.5 Å². The third kappa shape index (κ3) is 4.75. The van der Waals surface area contributed by atoms with Crippen molar-refractivity contribution in [3.05, 3.63) is 113 Å². The molecule has 0 bridgehead atoms. The molecule has 0 spiro atoms. The smallest absolute Gasteiger partial charge is 0.340 e. The minimum Gasteiger partial charge on any atom is -0.507 e. The summed E-state index contributed by atoms with van der Waals surface area (Å²) in [6.07, 6.45) is 0. The average molecular weight is 537 g/mol. The molecule has 0 fully saturated rings. The van der Waals surface area contributed by atoms with E-state index < -0.39 is 11.6 Å². The molecule has 1 atom stereocenters. The van der Waals surface area contributed by atoms with Crippen molar-refractivity contribution in [2.24, 2.45) is 5.92 Å². The molecule has 6 heteroatoms. The number of anilines is 3. The zero-order valence-corrected chi connectivity index (χ0v) is 23.7. The van der Waals surface area contributed by atoms with Crippen molar-refractivity contribution in [1.29, 1.82) is 0 Å². The van der Waals surface area contributed by atoms with E-state index in [1.165, 1.54) is 0 Å². The largest absolute Gasteiger partial charge is 0.507 e. The maximum atomic E-state index is 13.4. The second kappa shape index (κ2) is 11.0. The topological polar surface area (TPSA) is 71.0 Å². The second-order valence-electron chi connectivity index (χ2n) is 10.6. The normalized spacial score (nSPS) is 16.0. The van der Waals surface area contributed by atoms with E-state index in [0.29, 0.717) is 33.9 Å². The maximum absolute atomic E-state index is 13.4. The van der Waals surface area contributed by atoms with Gasteiger partial charge in [-0.05, 0) is 67.8 Å². The number of cyclic esters (lactones) is 1. The summed E-state index contributed by atoms with van der Waals surface area (Å²) in [5, 5.41) is 15.1. The fraction of sp³-hybridized carbons (Fsp3) is 0.265. The molecule has 0 aromatic heterocycles. The van der Waals surface area contributed by atoms with E-state index in [2.05, 4.69) is 31.0 Å². The molecule has 5 rings (SSSR count). The van der Waals surface area contributed by atoms with Gasteiger partial charge in [0.05, 0.1) is 12.7 Å². The van der Waals surface area contributed by atoms with Crippen molar-refractivity contribution >= 4 is 23.0 Å². The fourth-order valence-corrected chi connectivity index (χ4v) is 5.57. The first-order valence-corrected chi connectivity index (χ1v) is 13.7. The summed E-state index contributed by atoms with van der Waals surface area (Å²) in [6, 6.07) is 26.7. The van der Waals surface area contributed by atoms with Gasteiger partial charge in [-0.1, -0.05) is 50.2 Å². The van der Waals surface area contributed by atoms with Crippen LogP contribution in [0.5, 0.6) is 11.5 Å². The molecule has 1 unspecified atom stereocenters. The maximum Gasteiger partial charge on any atom is 0.340 e. The summed E-state index contributed by atoms with van der Waals surface area (Å²) >= 11 is 0. The lowest BCUT2D eigenvalue weighted by Gasteiger charge is -2.33. The van der Waals surface area contributed by atoms with E-state index >= 15 is 0 Å². The van der Waals surface area contributed by atoms with E-state index in [1.807, 2.05) is 79.7 Å². The molecular formula is C34H36N2O4. The highest BCUT2D eigenvalue weighted by Gasteiger charge is 2.51. The summed E-state index contributed by atoms with van der Waals surface area (Å²) in [5.41, 5.74) is 4.43. The van der Waals surface area contributed by atoms with Crippen LogP contribution >= 0.6 is 0 Å². The van der Waals surface area contributed by atoms with Crippen molar-refractivity contribution in [1.82, 2.24) is 0 Å². The minimum atomic E-state index is -1.42. The molecule has 1 aliphatic rings. The van der Waals surface area contributed by atoms with Crippen LogP contribution in [0.15, 0.2) is 84.9 Å². The molecule has 0 saturated heterocycles. The van der Waals surface area contributed by atoms with Gasteiger partial charge >= 0.3 is 5.97 Å². The molecule has 6 nitrogen and oxygen atoms in total. The number of carbonyl (C=O) groups is 1. The van der Waals surface area contributed by atoms with Gasteiger partial charge in [-0.2, -0.15) is 0 Å². The van der Waals surface area contributed by atoms with E-state index in [1.54, 1.807) is 19.2 Å². The zero-order chi connectivity index (χ0) is 28.4. The Bertz CT molecular complexity index is 1530. The van der Waals surface area contributed by atoms with Crippen LogP contribution in [0.3, 0.4) is 0 Å². The predicted octanol–water partition coefficient (Wildman–Crippen LogP) is 7.40. The Kier molecular flexibility index (Phi) is 7.44. The number of hydrogen-bond donors (Lipinski definition) is 2. The average Bonchev–Trinajstić information content (AvgIpc) is 3.25. The van der Waals surface area contributed by atoms with E-state index in [0.717, 1.165) is 35.7 Å². The Hall–Kier alpha value is -4.45. The molecule has 206 valence electrons. The second-order valence-corrected chi connectivity index (χ2v) is 10.6. The monoisotopic (exact) mass is 536 g/mol. The molecule has 4 aromatic rings. The molecule has 4 aromatic carbocycles. The number of phenols is 1. The number of hydrogen-bond acceptors (Lipinski definition) is 6. The minimum absolute atomic E-state index is 0.0457. The van der Waals surface area contributed by atoms with E-state index in [4.69, 9.17) is 9.47 Å². The first-order valence-electron chi connectivity index (χ1n) is 13.7. The zero-order valence-electron chi connectivity index (χ0n) is 23.7. The van der Waals surface area contributed by atoms with Gasteiger partial charge in [0.2, 0.25) is 0 Å². The number of methoxy groups -OCH3 is 1. The predicted molar refractivity (Wildman–Crippen MR) is 160 cm³/mol. The van der Waals surface area contributed by atoms with Gasteiger partial charge in [-0.15, -0.1) is 0 Å². The van der Waals surface area contributed by atoms with Crippen molar-refractivity contribution < 1.29 is 19.4 Å². The van der Waals surface area contributed by atoms with Crippen LogP contribution in [-0.2, 0) is 10.3 Å². The van der Waals surface area contributed by atoms with Gasteiger partial charge in [0.15, 0.2) is 5.60 Å². The Balaban J connectivity index is 1.74. The Morgan fingerprint density at radius 1 is 0.950 bits per heavy atom. The molecule has 0 radical (unpaired) electrons. The standard InChI is InChI=1S/C34H36N2O4/c1-6-36(21-22(2)3)25-16-17-28(31(37)19-25)34(27-15-11-10-14-26(27)33(38)40-34)29-20-30(23(4)18-32(29)39-5)35-24-12-8-7-9-13-24/h7-20,22,35,37H,6,21H2,1-5H3. The lowest BCUT2D eigenvalue weighted by atomic mass is 9.78. The summed E-state index contributed by atoms with van der Waals surface area (Å²) in [5.74, 6) is 0.612. The summed E-state index contributed by atoms with van der Waals surface area (Å²) < 4.78 is 12.2. The van der Waals surface area contributed by atoms with Gasteiger partial charge in [0, 0.05) is 52.9 Å². The Morgan fingerprint density at radius 3 is 2.35 bits per heavy atom. The summed E-state index contributed by atoms with van der Waals surface area (Å²) in [7, 11) is 1.60. The van der Waals surface area contributed by atoms with Crippen LogP contribution in [0.1, 0.15) is 53.4 Å². The van der Waals surface area contributed by atoms with Crippen LogP contribution in [0.25, 0.3) is 0 Å². The molecule has 0 amide bonds. The number of para-hydroxylation sites is 1. The summed E-state index contributed by atoms with van der Waals surface area (Å²) in [4.78, 5) is 15.6. The first-order chi connectivity index (χ1) is 19.3. The number of nitrogens with one attached hydrogen (secondary N) is 1. The fourth-order valence-electron chi connectivity index (χ4n) is 5.57. The highest BCUT2D eigenvalue weighted by Crippen LogP contribution is 2.53. The van der Waals surface area contributed by atoms with Crippen LogP contribution in [0.4, 0.5) is 17.1 Å². The molecule has 0 saturated carbocycles. The number of fused-ring (bicyclic) bond motifs is 1. The number of aromatic hydroxyl groups is 1.